The van der Waals surface area contributed by atoms with Gasteiger partial charge in [-0.1, -0.05) is 43.3 Å². The van der Waals surface area contributed by atoms with Crippen LogP contribution in [0.3, 0.4) is 0 Å². The fourth-order valence-corrected chi connectivity index (χ4v) is 4.55. The lowest BCUT2D eigenvalue weighted by Gasteiger charge is -2.33. The minimum atomic E-state index is -0.665. The molecule has 2 aromatic heterocycles. The topological polar surface area (TPSA) is 101 Å². The summed E-state index contributed by atoms with van der Waals surface area (Å²) in [5, 5.41) is 0. The molecule has 0 spiro atoms. The van der Waals surface area contributed by atoms with Crippen LogP contribution in [0.25, 0.3) is 11.2 Å². The Morgan fingerprint density at radius 2 is 1.86 bits per heavy atom. The van der Waals surface area contributed by atoms with Gasteiger partial charge in [0.1, 0.15) is 18.9 Å². The van der Waals surface area contributed by atoms with Crippen LogP contribution in [-0.2, 0) is 36.3 Å². The van der Waals surface area contributed by atoms with Gasteiger partial charge in [-0.15, -0.1) is 0 Å². The predicted octanol–water partition coefficient (Wildman–Crippen LogP) is 2.44. The Morgan fingerprint density at radius 3 is 2.61 bits per heavy atom. The van der Waals surface area contributed by atoms with Crippen LogP contribution in [0.2, 0.25) is 0 Å². The van der Waals surface area contributed by atoms with Gasteiger partial charge in [0.25, 0.3) is 5.56 Å². The summed E-state index contributed by atoms with van der Waals surface area (Å²) >= 11 is 0. The van der Waals surface area contributed by atoms with E-state index in [0.29, 0.717) is 24.8 Å². The number of esters is 1. The van der Waals surface area contributed by atoms with E-state index in [4.69, 9.17) is 14.5 Å². The second-order valence-electron chi connectivity index (χ2n) is 8.99. The molecule has 10 heteroatoms. The first-order valence-electron chi connectivity index (χ1n) is 11.7. The van der Waals surface area contributed by atoms with Crippen molar-refractivity contribution in [3.8, 4) is 5.75 Å². The third kappa shape index (κ3) is 4.15. The summed E-state index contributed by atoms with van der Waals surface area (Å²) in [6.07, 6.45) is 0. The molecule has 0 radical (unpaired) electrons. The number of aryl methyl sites for hydroxylation is 1. The summed E-state index contributed by atoms with van der Waals surface area (Å²) in [6, 6.07) is 16.8. The minimum Gasteiger partial charge on any atom is -0.497 e. The van der Waals surface area contributed by atoms with Crippen LogP contribution in [0.4, 0.5) is 11.6 Å². The van der Waals surface area contributed by atoms with Crippen LogP contribution in [0, 0.1) is 5.92 Å². The smallest absolute Gasteiger partial charge is 0.333 e. The van der Waals surface area contributed by atoms with E-state index in [1.165, 1.54) is 4.57 Å². The summed E-state index contributed by atoms with van der Waals surface area (Å²) in [4.78, 5) is 45.9. The van der Waals surface area contributed by atoms with Crippen molar-refractivity contribution < 1.29 is 14.3 Å². The molecule has 0 aliphatic carbocycles. The first kappa shape index (κ1) is 23.4. The number of methoxy groups -OCH3 is 1. The molecule has 186 valence electrons. The number of carbonyl (C=O) groups excluding carboxylic acids is 1. The molecule has 0 unspecified atom stereocenters. The van der Waals surface area contributed by atoms with Crippen molar-refractivity contribution in [2.45, 2.75) is 26.6 Å². The maximum atomic E-state index is 13.5. The Morgan fingerprint density at radius 1 is 1.08 bits per heavy atom. The quantitative estimate of drug-likeness (QED) is 0.384. The monoisotopic (exact) mass is 489 g/mol. The minimum absolute atomic E-state index is 0.0616. The Hall–Kier alpha value is -4.34. The van der Waals surface area contributed by atoms with Crippen molar-refractivity contribution in [3.05, 3.63) is 81.0 Å². The van der Waals surface area contributed by atoms with Gasteiger partial charge in [-0.3, -0.25) is 14.2 Å². The average Bonchev–Trinajstić information content (AvgIpc) is 3.28. The van der Waals surface area contributed by atoms with Crippen molar-refractivity contribution in [3.63, 3.8) is 0 Å². The van der Waals surface area contributed by atoms with Gasteiger partial charge < -0.3 is 18.9 Å². The van der Waals surface area contributed by atoms with Crippen molar-refractivity contribution in [1.29, 1.82) is 0 Å². The lowest BCUT2D eigenvalue weighted by Crippen LogP contribution is -2.42. The van der Waals surface area contributed by atoms with Crippen LogP contribution in [0.15, 0.2) is 64.2 Å². The molecule has 10 nitrogen and oxygen atoms in total. The number of carbonyl (C=O) groups is 1. The highest BCUT2D eigenvalue weighted by Crippen LogP contribution is 2.34. The number of imidazole rings is 1. The highest BCUT2D eigenvalue weighted by atomic mass is 16.5. The number of fused-ring (bicyclic) bond motifs is 3. The van der Waals surface area contributed by atoms with Crippen LogP contribution in [0.5, 0.6) is 5.75 Å². The van der Waals surface area contributed by atoms with Gasteiger partial charge in [0.2, 0.25) is 5.95 Å². The van der Waals surface area contributed by atoms with Gasteiger partial charge in [0.05, 0.1) is 7.11 Å². The molecule has 0 amide bonds. The zero-order chi connectivity index (χ0) is 25.4. The maximum Gasteiger partial charge on any atom is 0.333 e. The third-order valence-corrected chi connectivity index (χ3v) is 6.34. The second-order valence-corrected chi connectivity index (χ2v) is 8.99. The van der Waals surface area contributed by atoms with Crippen molar-refractivity contribution in [1.82, 2.24) is 18.7 Å². The fourth-order valence-electron chi connectivity index (χ4n) is 4.55. The molecule has 1 aliphatic heterocycles. The summed E-state index contributed by atoms with van der Waals surface area (Å²) < 4.78 is 14.7. The molecule has 0 fully saturated rings. The van der Waals surface area contributed by atoms with Crippen LogP contribution < -0.4 is 20.9 Å². The van der Waals surface area contributed by atoms with Gasteiger partial charge in [-0.25, -0.2) is 9.36 Å². The first-order chi connectivity index (χ1) is 17.4. The Kier molecular flexibility index (Phi) is 6.09. The SMILES string of the molecule is COc1cccc(N2C[C@@H](C)Cn3c2nc2c3c(=O)n(CC(=O)OCc3ccccc3)c(=O)n2C)c1. The molecular formula is C26H27N5O5. The molecule has 0 saturated carbocycles. The summed E-state index contributed by atoms with van der Waals surface area (Å²) in [6.45, 7) is 2.90. The van der Waals surface area contributed by atoms with Gasteiger partial charge >= 0.3 is 11.7 Å². The number of anilines is 2. The predicted molar refractivity (Wildman–Crippen MR) is 135 cm³/mol. The van der Waals surface area contributed by atoms with E-state index in [1.54, 1.807) is 14.2 Å². The Labute approximate surface area is 206 Å². The molecule has 2 aromatic carbocycles. The van der Waals surface area contributed by atoms with E-state index in [-0.39, 0.29) is 23.7 Å². The molecule has 4 aromatic rings. The molecule has 0 saturated heterocycles. The van der Waals surface area contributed by atoms with E-state index in [0.717, 1.165) is 15.8 Å². The third-order valence-electron chi connectivity index (χ3n) is 6.34. The van der Waals surface area contributed by atoms with Crippen LogP contribution in [-0.4, -0.2) is 38.3 Å². The number of nitrogens with zero attached hydrogens (tertiary/aromatic N) is 5. The Bertz CT molecular complexity index is 1550. The molecule has 0 bridgehead atoms. The van der Waals surface area contributed by atoms with Gasteiger partial charge in [-0.05, 0) is 23.6 Å². The van der Waals surface area contributed by atoms with Gasteiger partial charge in [0.15, 0.2) is 11.2 Å². The van der Waals surface area contributed by atoms with Crippen LogP contribution in [0.1, 0.15) is 12.5 Å². The first-order valence-corrected chi connectivity index (χ1v) is 11.7. The zero-order valence-electron chi connectivity index (χ0n) is 20.4. The number of hydrogen-bond donors (Lipinski definition) is 0. The van der Waals surface area contributed by atoms with E-state index in [9.17, 15) is 14.4 Å². The highest BCUT2D eigenvalue weighted by molar-refractivity contribution is 5.78. The molecule has 0 N–H and O–H groups in total. The Balaban J connectivity index is 1.54. The lowest BCUT2D eigenvalue weighted by atomic mass is 10.1. The van der Waals surface area contributed by atoms with E-state index in [2.05, 4.69) is 6.92 Å². The number of ether oxygens (including phenoxy) is 2. The van der Waals surface area contributed by atoms with E-state index in [1.807, 2.05) is 64.1 Å². The average molecular weight is 490 g/mol. The number of hydrogen-bond acceptors (Lipinski definition) is 7. The van der Waals surface area contributed by atoms with E-state index < -0.39 is 23.8 Å². The molecular weight excluding hydrogens is 462 g/mol. The number of rotatable bonds is 6. The zero-order valence-corrected chi connectivity index (χ0v) is 20.4. The number of benzene rings is 2. The largest absolute Gasteiger partial charge is 0.497 e. The standard InChI is InChI=1S/C26H27N5O5/c1-17-13-29(19-10-7-11-20(12-19)35-3)25-27-23-22(30(25)14-17)24(33)31(26(34)28(23)2)15-21(32)36-16-18-8-5-4-6-9-18/h4-12,17H,13-16H2,1-3H3/t17-/m1/s1. The molecule has 36 heavy (non-hydrogen) atoms. The fraction of sp³-hybridized carbons (Fsp3) is 0.308. The van der Waals surface area contributed by atoms with Crippen molar-refractivity contribution in [2.24, 2.45) is 13.0 Å². The van der Waals surface area contributed by atoms with Crippen molar-refractivity contribution in [2.75, 3.05) is 18.6 Å². The molecule has 1 atom stereocenters. The maximum absolute atomic E-state index is 13.5. The second kappa shape index (κ2) is 9.37. The lowest BCUT2D eigenvalue weighted by molar-refractivity contribution is -0.145. The summed E-state index contributed by atoms with van der Waals surface area (Å²) in [7, 11) is 3.16. The normalized spacial score (nSPS) is 15.1. The molecule has 5 rings (SSSR count). The summed E-state index contributed by atoms with van der Waals surface area (Å²) in [5.74, 6) is 0.800. The van der Waals surface area contributed by atoms with E-state index >= 15 is 0 Å². The number of aromatic nitrogens is 4. The summed E-state index contributed by atoms with van der Waals surface area (Å²) in [5.41, 5.74) is 1.05. The van der Waals surface area contributed by atoms with Gasteiger partial charge in [0, 0.05) is 31.9 Å². The molecule has 3 heterocycles. The molecule has 1 aliphatic rings. The van der Waals surface area contributed by atoms with Crippen LogP contribution >= 0.6 is 0 Å². The van der Waals surface area contributed by atoms with Gasteiger partial charge in [-0.2, -0.15) is 4.98 Å². The van der Waals surface area contributed by atoms with Crippen molar-refractivity contribution >= 4 is 28.8 Å². The highest BCUT2D eigenvalue weighted by Gasteiger charge is 2.30.